The van der Waals surface area contributed by atoms with Gasteiger partial charge in [-0.1, -0.05) is 13.8 Å². The number of carbonyl (C=O) groups excluding carboxylic acids is 3. The number of esters is 1. The minimum absolute atomic E-state index is 0.0954. The maximum atomic E-state index is 11.9. The molecule has 122 valence electrons. The Kier molecular flexibility index (Phi) is 7.76. The molecule has 21 heavy (non-hydrogen) atoms. The average Bonchev–Trinajstić information content (AvgIpc) is 2.71. The van der Waals surface area contributed by atoms with Gasteiger partial charge >= 0.3 is 12.1 Å². The van der Waals surface area contributed by atoms with Crippen LogP contribution in [0.25, 0.3) is 0 Å². The average molecular weight is 302 g/mol. The fraction of sp³-hybridized carbons (Fsp3) is 0.786. The van der Waals surface area contributed by atoms with E-state index in [0.717, 1.165) is 0 Å². The second-order valence-corrected chi connectivity index (χ2v) is 5.32. The summed E-state index contributed by atoms with van der Waals surface area (Å²) < 4.78 is 9.57. The van der Waals surface area contributed by atoms with Crippen molar-refractivity contribution in [2.45, 2.75) is 52.7 Å². The van der Waals surface area contributed by atoms with Gasteiger partial charge in [0.15, 0.2) is 0 Å². The maximum absolute atomic E-state index is 11.9. The van der Waals surface area contributed by atoms with Crippen molar-refractivity contribution in [2.75, 3.05) is 20.2 Å². The third-order valence-corrected chi connectivity index (χ3v) is 2.54. The molecule has 0 aromatic rings. The largest absolute Gasteiger partial charge is 0.468 e. The lowest BCUT2D eigenvalue weighted by Gasteiger charge is -2.21. The van der Waals surface area contributed by atoms with E-state index >= 15 is 0 Å². The second-order valence-electron chi connectivity index (χ2n) is 5.32. The Morgan fingerprint density at radius 1 is 1.33 bits per heavy atom. The second kappa shape index (κ2) is 8.49. The van der Waals surface area contributed by atoms with Gasteiger partial charge in [0.25, 0.3) is 0 Å². The van der Waals surface area contributed by atoms with Crippen molar-refractivity contribution < 1.29 is 23.9 Å². The fourth-order valence-corrected chi connectivity index (χ4v) is 1.70. The van der Waals surface area contributed by atoms with Gasteiger partial charge in [0.05, 0.1) is 7.11 Å². The summed E-state index contributed by atoms with van der Waals surface area (Å²) in [6.07, 6.45) is -0.180. The predicted molar refractivity (Wildman–Crippen MR) is 77.7 cm³/mol. The molecule has 0 aliphatic carbocycles. The van der Waals surface area contributed by atoms with Crippen molar-refractivity contribution in [1.29, 1.82) is 0 Å². The van der Waals surface area contributed by atoms with Gasteiger partial charge in [0.2, 0.25) is 5.91 Å². The summed E-state index contributed by atoms with van der Waals surface area (Å²) in [6.45, 7) is 9.54. The summed E-state index contributed by atoms with van der Waals surface area (Å²) in [4.78, 5) is 35.9. The Bertz CT molecular complexity index is 376. The fourth-order valence-electron chi connectivity index (χ4n) is 1.70. The van der Waals surface area contributed by atoms with Crippen LogP contribution in [0.1, 0.15) is 41.0 Å². The highest BCUT2D eigenvalue weighted by atomic mass is 16.6. The zero-order chi connectivity index (χ0) is 16.6. The highest BCUT2D eigenvalue weighted by molar-refractivity contribution is 5.90. The molecule has 1 atom stereocenters. The number of alkyl carbamates (subject to hydrolysis) is 1. The van der Waals surface area contributed by atoms with Gasteiger partial charge in [0.1, 0.15) is 18.2 Å². The zero-order valence-electron chi connectivity index (χ0n) is 13.7. The van der Waals surface area contributed by atoms with Crippen molar-refractivity contribution in [3.05, 3.63) is 0 Å². The summed E-state index contributed by atoms with van der Waals surface area (Å²) in [7, 11) is 1.26. The molecular weight excluding hydrogens is 276 g/mol. The minimum atomic E-state index is -0.639. The van der Waals surface area contributed by atoms with Crippen molar-refractivity contribution in [2.24, 2.45) is 0 Å². The van der Waals surface area contributed by atoms with Gasteiger partial charge < -0.3 is 19.7 Å². The van der Waals surface area contributed by atoms with E-state index in [4.69, 9.17) is 4.74 Å². The molecule has 0 radical (unpaired) electrons. The lowest BCUT2D eigenvalue weighted by atomic mass is 10.2. The van der Waals surface area contributed by atoms with E-state index in [9.17, 15) is 14.4 Å². The van der Waals surface area contributed by atoms with Crippen LogP contribution >= 0.6 is 0 Å². The Morgan fingerprint density at radius 2 is 1.90 bits per heavy atom. The Morgan fingerprint density at radius 3 is 2.38 bits per heavy atom. The van der Waals surface area contributed by atoms with Crippen LogP contribution < -0.4 is 5.32 Å². The number of carbonyl (C=O) groups is 3. The molecule has 1 saturated heterocycles. The topological polar surface area (TPSA) is 84.9 Å². The number of nitrogens with one attached hydrogen (secondary N) is 1. The number of methoxy groups -OCH3 is 1. The first-order valence-corrected chi connectivity index (χ1v) is 7.08. The number of rotatable bonds is 3. The molecule has 1 heterocycles. The first-order chi connectivity index (χ1) is 9.73. The van der Waals surface area contributed by atoms with Crippen molar-refractivity contribution in [1.82, 2.24) is 10.2 Å². The van der Waals surface area contributed by atoms with Crippen LogP contribution in [0.4, 0.5) is 4.79 Å². The molecule has 1 unspecified atom stereocenters. The van der Waals surface area contributed by atoms with E-state index in [1.807, 2.05) is 13.8 Å². The molecule has 0 aromatic heterocycles. The Hall–Kier alpha value is -1.79. The summed E-state index contributed by atoms with van der Waals surface area (Å²) in [5.74, 6) is -0.775. The lowest BCUT2D eigenvalue weighted by Crippen LogP contribution is -2.44. The molecule has 0 bridgehead atoms. The first kappa shape index (κ1) is 19.2. The van der Waals surface area contributed by atoms with Crippen LogP contribution in [0.5, 0.6) is 0 Å². The zero-order valence-corrected chi connectivity index (χ0v) is 13.7. The monoisotopic (exact) mass is 302 g/mol. The van der Waals surface area contributed by atoms with Crippen LogP contribution in [-0.4, -0.2) is 54.7 Å². The number of amides is 2. The molecule has 1 aliphatic rings. The number of hydrogen-bond acceptors (Lipinski definition) is 5. The van der Waals surface area contributed by atoms with Gasteiger partial charge in [-0.3, -0.25) is 9.59 Å². The van der Waals surface area contributed by atoms with E-state index < -0.39 is 23.7 Å². The molecule has 1 rings (SSSR count). The molecule has 1 aliphatic heterocycles. The van der Waals surface area contributed by atoms with Crippen molar-refractivity contribution >= 4 is 18.0 Å². The molecule has 7 nitrogen and oxygen atoms in total. The van der Waals surface area contributed by atoms with E-state index in [2.05, 4.69) is 10.1 Å². The van der Waals surface area contributed by atoms with Crippen LogP contribution in [0, 0.1) is 0 Å². The SMILES string of the molecule is CC.COC(=O)CN1CCC(NC(=O)OC(C)(C)C)C1=O. The number of nitrogens with zero attached hydrogens (tertiary/aromatic N) is 1. The van der Waals surface area contributed by atoms with E-state index in [1.54, 1.807) is 20.8 Å². The van der Waals surface area contributed by atoms with E-state index in [-0.39, 0.29) is 12.5 Å². The molecule has 0 saturated carbocycles. The van der Waals surface area contributed by atoms with Gasteiger partial charge in [-0.2, -0.15) is 0 Å². The van der Waals surface area contributed by atoms with Crippen LogP contribution in [0.2, 0.25) is 0 Å². The van der Waals surface area contributed by atoms with Gasteiger partial charge in [0, 0.05) is 6.54 Å². The predicted octanol–water partition coefficient (Wildman–Crippen LogP) is 1.31. The molecule has 2 amide bonds. The highest BCUT2D eigenvalue weighted by Gasteiger charge is 2.34. The quantitative estimate of drug-likeness (QED) is 0.795. The lowest BCUT2D eigenvalue weighted by molar-refractivity contribution is -0.145. The van der Waals surface area contributed by atoms with Crippen LogP contribution in [0.15, 0.2) is 0 Å². The number of hydrogen-bond donors (Lipinski definition) is 1. The smallest absolute Gasteiger partial charge is 0.408 e. The Balaban J connectivity index is 0.00000191. The normalized spacial score (nSPS) is 17.7. The standard InChI is InChI=1S/C12H20N2O5.C2H6/c1-12(2,3)19-11(17)13-8-5-6-14(10(8)16)7-9(15)18-4;1-2/h8H,5-7H2,1-4H3,(H,13,17);1-2H3. The molecule has 7 heteroatoms. The highest BCUT2D eigenvalue weighted by Crippen LogP contribution is 2.13. The number of likely N-dealkylation sites (tertiary alicyclic amines) is 1. The van der Waals surface area contributed by atoms with Crippen LogP contribution in [-0.2, 0) is 19.1 Å². The number of ether oxygens (including phenoxy) is 2. The van der Waals surface area contributed by atoms with Gasteiger partial charge in [-0.25, -0.2) is 4.79 Å². The van der Waals surface area contributed by atoms with Gasteiger partial charge in [-0.05, 0) is 27.2 Å². The molecule has 1 N–H and O–H groups in total. The maximum Gasteiger partial charge on any atom is 0.408 e. The van der Waals surface area contributed by atoms with E-state index in [1.165, 1.54) is 12.0 Å². The van der Waals surface area contributed by atoms with Crippen molar-refractivity contribution in [3.63, 3.8) is 0 Å². The van der Waals surface area contributed by atoms with Crippen molar-refractivity contribution in [3.8, 4) is 0 Å². The molecular formula is C14H26N2O5. The van der Waals surface area contributed by atoms with Crippen LogP contribution in [0.3, 0.4) is 0 Å². The molecule has 1 fully saturated rings. The summed E-state index contributed by atoms with van der Waals surface area (Å²) in [5.41, 5.74) is -0.614. The third-order valence-electron chi connectivity index (χ3n) is 2.54. The van der Waals surface area contributed by atoms with E-state index in [0.29, 0.717) is 13.0 Å². The first-order valence-electron chi connectivity index (χ1n) is 7.08. The molecule has 0 spiro atoms. The van der Waals surface area contributed by atoms with Gasteiger partial charge in [-0.15, -0.1) is 0 Å². The summed E-state index contributed by atoms with van der Waals surface area (Å²) >= 11 is 0. The minimum Gasteiger partial charge on any atom is -0.468 e. The third kappa shape index (κ3) is 6.97. The Labute approximate surface area is 126 Å². The summed E-state index contributed by atoms with van der Waals surface area (Å²) in [5, 5.41) is 2.50. The molecule has 0 aromatic carbocycles. The summed E-state index contributed by atoms with van der Waals surface area (Å²) in [6, 6.07) is -0.639.